The lowest BCUT2D eigenvalue weighted by molar-refractivity contribution is -0.139. The second-order valence-corrected chi connectivity index (χ2v) is 5.08. The van der Waals surface area contributed by atoms with Crippen LogP contribution < -0.4 is 10.6 Å². The van der Waals surface area contributed by atoms with Gasteiger partial charge in [0.1, 0.15) is 6.04 Å². The minimum absolute atomic E-state index is 0.0160. The van der Waals surface area contributed by atoms with E-state index < -0.39 is 18.0 Å². The molecule has 0 spiro atoms. The van der Waals surface area contributed by atoms with Crippen molar-refractivity contribution >= 4 is 23.8 Å². The van der Waals surface area contributed by atoms with E-state index in [9.17, 15) is 9.59 Å². The molecule has 0 aromatic carbocycles. The first-order chi connectivity index (χ1) is 8.13. The third kappa shape index (κ3) is 5.27. The zero-order chi connectivity index (χ0) is 12.7. The molecule has 0 bridgehead atoms. The Hall–Kier alpha value is -0.950. The van der Waals surface area contributed by atoms with Crippen LogP contribution in [-0.2, 0) is 4.79 Å². The quantitative estimate of drug-likeness (QED) is 0.560. The second-order valence-electron chi connectivity index (χ2n) is 3.93. The van der Waals surface area contributed by atoms with Gasteiger partial charge in [0, 0.05) is 24.8 Å². The molecule has 0 aromatic heterocycles. The van der Waals surface area contributed by atoms with Gasteiger partial charge in [-0.2, -0.15) is 11.8 Å². The van der Waals surface area contributed by atoms with Crippen LogP contribution in [0.25, 0.3) is 0 Å². The molecule has 1 rings (SSSR count). The Morgan fingerprint density at radius 2 is 2.24 bits per heavy atom. The highest BCUT2D eigenvalue weighted by Gasteiger charge is 2.21. The molecule has 4 N–H and O–H groups in total. The first-order valence-electron chi connectivity index (χ1n) is 5.62. The van der Waals surface area contributed by atoms with Gasteiger partial charge in [-0.3, -0.25) is 0 Å². The molecule has 6 nitrogen and oxygen atoms in total. The molecule has 1 aliphatic heterocycles. The van der Waals surface area contributed by atoms with Gasteiger partial charge in [-0.1, -0.05) is 0 Å². The molecular formula is C10H18N2O4S. The van der Waals surface area contributed by atoms with Crippen LogP contribution in [0.4, 0.5) is 4.79 Å². The van der Waals surface area contributed by atoms with E-state index in [2.05, 4.69) is 10.6 Å². The maximum Gasteiger partial charge on any atom is 0.326 e. The number of aliphatic hydroxyl groups is 1. The summed E-state index contributed by atoms with van der Waals surface area (Å²) in [6.07, 6.45) is 2.01. The number of hydrogen-bond donors (Lipinski definition) is 4. The van der Waals surface area contributed by atoms with Crippen molar-refractivity contribution in [2.24, 2.45) is 0 Å². The second kappa shape index (κ2) is 7.39. The average Bonchev–Trinajstić information content (AvgIpc) is 2.29. The van der Waals surface area contributed by atoms with Gasteiger partial charge < -0.3 is 20.8 Å². The van der Waals surface area contributed by atoms with E-state index >= 15 is 0 Å². The van der Waals surface area contributed by atoms with E-state index in [1.165, 1.54) is 0 Å². The average molecular weight is 262 g/mol. The fourth-order valence-corrected chi connectivity index (χ4v) is 2.70. The molecule has 1 saturated heterocycles. The zero-order valence-electron chi connectivity index (χ0n) is 9.52. The molecule has 0 radical (unpaired) electrons. The molecule has 1 fully saturated rings. The highest BCUT2D eigenvalue weighted by atomic mass is 32.2. The Bertz CT molecular complexity index is 269. The summed E-state index contributed by atoms with van der Waals surface area (Å²) in [6.45, 7) is -0.267. The standard InChI is InChI=1S/C10H18N2O4S/c13-4-3-8(9(14)15)12-10(16)11-7-2-1-5-17-6-7/h7-8,13H,1-6H2,(H,14,15)(H2,11,12,16). The highest BCUT2D eigenvalue weighted by molar-refractivity contribution is 7.99. The monoisotopic (exact) mass is 262 g/mol. The van der Waals surface area contributed by atoms with Gasteiger partial charge in [0.25, 0.3) is 0 Å². The summed E-state index contributed by atoms with van der Waals surface area (Å²) in [4.78, 5) is 22.3. The molecular weight excluding hydrogens is 244 g/mol. The van der Waals surface area contributed by atoms with E-state index in [1.807, 2.05) is 0 Å². The van der Waals surface area contributed by atoms with Crippen LogP contribution in [0.3, 0.4) is 0 Å². The fraction of sp³-hybridized carbons (Fsp3) is 0.800. The summed E-state index contributed by atoms with van der Waals surface area (Å²) in [6, 6.07) is -1.40. The lowest BCUT2D eigenvalue weighted by atomic mass is 10.2. The van der Waals surface area contributed by atoms with Gasteiger partial charge in [0.15, 0.2) is 0 Å². The van der Waals surface area contributed by atoms with E-state index in [0.717, 1.165) is 24.3 Å². The van der Waals surface area contributed by atoms with Crippen LogP contribution in [0.1, 0.15) is 19.3 Å². The number of aliphatic carboxylic acids is 1. The number of thioether (sulfide) groups is 1. The summed E-state index contributed by atoms with van der Waals surface area (Å²) in [7, 11) is 0. The van der Waals surface area contributed by atoms with Gasteiger partial charge in [0.2, 0.25) is 0 Å². The van der Waals surface area contributed by atoms with Gasteiger partial charge in [-0.25, -0.2) is 9.59 Å². The van der Waals surface area contributed by atoms with Crippen molar-refractivity contribution in [3.05, 3.63) is 0 Å². The maximum atomic E-state index is 11.5. The number of amides is 2. The normalized spacial score (nSPS) is 21.6. The smallest absolute Gasteiger partial charge is 0.326 e. The molecule has 2 atom stereocenters. The molecule has 2 unspecified atom stereocenters. The number of hydrogen-bond acceptors (Lipinski definition) is 4. The van der Waals surface area contributed by atoms with Gasteiger partial charge in [-0.15, -0.1) is 0 Å². The van der Waals surface area contributed by atoms with Crippen molar-refractivity contribution < 1.29 is 19.8 Å². The summed E-state index contributed by atoms with van der Waals surface area (Å²) in [5, 5.41) is 22.6. The minimum Gasteiger partial charge on any atom is -0.480 e. The van der Waals surface area contributed by atoms with E-state index in [1.54, 1.807) is 11.8 Å². The van der Waals surface area contributed by atoms with Gasteiger partial charge in [-0.05, 0) is 18.6 Å². The molecule has 0 aromatic rings. The summed E-state index contributed by atoms with van der Waals surface area (Å²) in [5.41, 5.74) is 0. The van der Waals surface area contributed by atoms with Crippen LogP contribution in [0, 0.1) is 0 Å². The number of rotatable bonds is 5. The van der Waals surface area contributed by atoms with Crippen molar-refractivity contribution in [2.45, 2.75) is 31.3 Å². The summed E-state index contributed by atoms with van der Waals surface area (Å²) >= 11 is 1.78. The van der Waals surface area contributed by atoms with Crippen LogP contribution in [0.5, 0.6) is 0 Å². The molecule has 0 aliphatic carbocycles. The molecule has 2 amide bonds. The molecule has 17 heavy (non-hydrogen) atoms. The number of aliphatic hydroxyl groups excluding tert-OH is 1. The van der Waals surface area contributed by atoms with E-state index in [0.29, 0.717) is 0 Å². The lowest BCUT2D eigenvalue weighted by Gasteiger charge is -2.23. The lowest BCUT2D eigenvalue weighted by Crippen LogP contribution is -2.50. The number of carbonyl (C=O) groups excluding carboxylic acids is 1. The van der Waals surface area contributed by atoms with Crippen LogP contribution in [0.2, 0.25) is 0 Å². The fourth-order valence-electron chi connectivity index (χ4n) is 1.63. The van der Waals surface area contributed by atoms with Crippen LogP contribution in [-0.4, -0.2) is 52.4 Å². The number of carboxylic acids is 1. The Morgan fingerprint density at radius 3 is 2.76 bits per heavy atom. The number of carbonyl (C=O) groups is 2. The predicted octanol–water partition coefficient (Wildman–Crippen LogP) is 0.0168. The third-order valence-electron chi connectivity index (χ3n) is 2.52. The Balaban J connectivity index is 2.33. The van der Waals surface area contributed by atoms with Gasteiger partial charge in [0.05, 0.1) is 0 Å². The number of urea groups is 1. The molecule has 1 aliphatic rings. The van der Waals surface area contributed by atoms with E-state index in [-0.39, 0.29) is 19.1 Å². The molecule has 0 saturated carbocycles. The summed E-state index contributed by atoms with van der Waals surface area (Å²) in [5.74, 6) is 0.847. The largest absolute Gasteiger partial charge is 0.480 e. The Morgan fingerprint density at radius 1 is 1.47 bits per heavy atom. The van der Waals surface area contributed by atoms with Crippen molar-refractivity contribution in [1.29, 1.82) is 0 Å². The molecule has 7 heteroatoms. The van der Waals surface area contributed by atoms with E-state index in [4.69, 9.17) is 10.2 Å². The zero-order valence-corrected chi connectivity index (χ0v) is 10.3. The van der Waals surface area contributed by atoms with Crippen LogP contribution in [0.15, 0.2) is 0 Å². The topological polar surface area (TPSA) is 98.7 Å². The maximum absolute atomic E-state index is 11.5. The first kappa shape index (κ1) is 14.1. The van der Waals surface area contributed by atoms with Crippen LogP contribution >= 0.6 is 11.8 Å². The SMILES string of the molecule is O=C(NC1CCCSC1)NC(CCO)C(=O)O. The Kier molecular flexibility index (Phi) is 6.13. The summed E-state index contributed by atoms with van der Waals surface area (Å²) < 4.78 is 0. The minimum atomic E-state index is -1.13. The van der Waals surface area contributed by atoms with Crippen molar-refractivity contribution in [3.63, 3.8) is 0 Å². The third-order valence-corrected chi connectivity index (χ3v) is 3.73. The van der Waals surface area contributed by atoms with Crippen molar-refractivity contribution in [3.8, 4) is 0 Å². The van der Waals surface area contributed by atoms with Crippen molar-refractivity contribution in [2.75, 3.05) is 18.1 Å². The molecule has 1 heterocycles. The number of nitrogens with one attached hydrogen (secondary N) is 2. The predicted molar refractivity (Wildman–Crippen MR) is 65.1 cm³/mol. The van der Waals surface area contributed by atoms with Crippen molar-refractivity contribution in [1.82, 2.24) is 10.6 Å². The highest BCUT2D eigenvalue weighted by Crippen LogP contribution is 2.16. The first-order valence-corrected chi connectivity index (χ1v) is 6.77. The number of carboxylic acid groups (broad SMARTS) is 1. The Labute approximate surface area is 104 Å². The van der Waals surface area contributed by atoms with Gasteiger partial charge >= 0.3 is 12.0 Å². The molecule has 98 valence electrons.